The normalized spacial score (nSPS) is 10.4. The van der Waals surface area contributed by atoms with Gasteiger partial charge in [-0.1, -0.05) is 6.92 Å². The van der Waals surface area contributed by atoms with Crippen molar-refractivity contribution in [3.8, 4) is 5.88 Å². The van der Waals surface area contributed by atoms with Crippen LogP contribution in [0.2, 0.25) is 0 Å². The Balaban J connectivity index is 2.14. The first-order chi connectivity index (χ1) is 9.36. The largest absolute Gasteiger partial charge is 0.478 e. The molecule has 6 heteroatoms. The van der Waals surface area contributed by atoms with Crippen LogP contribution >= 0.6 is 0 Å². The van der Waals surface area contributed by atoms with Gasteiger partial charge in [-0.2, -0.15) is 0 Å². The molecule has 108 valence electrons. The molecule has 0 spiro atoms. The van der Waals surface area contributed by atoms with E-state index in [1.807, 2.05) is 0 Å². The molecule has 0 aromatic carbocycles. The van der Waals surface area contributed by atoms with Gasteiger partial charge in [0.1, 0.15) is 12.1 Å². The van der Waals surface area contributed by atoms with Crippen LogP contribution < -0.4 is 10.1 Å². The van der Waals surface area contributed by atoms with E-state index in [1.54, 1.807) is 13.2 Å². The predicted molar refractivity (Wildman–Crippen MR) is 73.6 cm³/mol. The van der Waals surface area contributed by atoms with Gasteiger partial charge in [0.25, 0.3) is 0 Å². The number of nitrogens with one attached hydrogen (secondary N) is 1. The van der Waals surface area contributed by atoms with Crippen LogP contribution in [-0.2, 0) is 9.47 Å². The summed E-state index contributed by atoms with van der Waals surface area (Å²) >= 11 is 0. The molecule has 0 radical (unpaired) electrons. The lowest BCUT2D eigenvalue weighted by Gasteiger charge is -2.08. The molecule has 0 amide bonds. The maximum absolute atomic E-state index is 5.44. The monoisotopic (exact) mass is 269 g/mol. The highest BCUT2D eigenvalue weighted by Crippen LogP contribution is 2.10. The third-order valence-corrected chi connectivity index (χ3v) is 2.30. The fourth-order valence-corrected chi connectivity index (χ4v) is 1.36. The number of anilines is 1. The molecule has 0 saturated carbocycles. The van der Waals surface area contributed by atoms with Crippen LogP contribution in [-0.4, -0.2) is 50.1 Å². The molecule has 0 aliphatic rings. The number of ether oxygens (including phenoxy) is 3. The van der Waals surface area contributed by atoms with Crippen LogP contribution in [0.15, 0.2) is 12.4 Å². The standard InChI is InChI=1S/C13H23N3O3/c1-3-6-19-13-10-12(15-11-16-13)14-5-4-7-18-9-8-17-2/h10-11H,3-9H2,1-2H3,(H,14,15,16). The highest BCUT2D eigenvalue weighted by atomic mass is 16.5. The summed E-state index contributed by atoms with van der Waals surface area (Å²) in [5.74, 6) is 1.38. The summed E-state index contributed by atoms with van der Waals surface area (Å²) in [5, 5.41) is 3.21. The molecule has 0 atom stereocenters. The van der Waals surface area contributed by atoms with E-state index in [-0.39, 0.29) is 0 Å². The van der Waals surface area contributed by atoms with Crippen LogP contribution in [0.3, 0.4) is 0 Å². The van der Waals surface area contributed by atoms with Crippen molar-refractivity contribution in [1.82, 2.24) is 9.97 Å². The van der Waals surface area contributed by atoms with E-state index in [0.29, 0.717) is 32.3 Å². The second-order valence-corrected chi connectivity index (χ2v) is 3.98. The molecule has 0 aliphatic heterocycles. The SMILES string of the molecule is CCCOc1cc(NCCCOCCOC)ncn1. The zero-order valence-electron chi connectivity index (χ0n) is 11.7. The van der Waals surface area contributed by atoms with Crippen molar-refractivity contribution in [2.75, 3.05) is 45.4 Å². The van der Waals surface area contributed by atoms with Crippen molar-refractivity contribution in [2.24, 2.45) is 0 Å². The van der Waals surface area contributed by atoms with Gasteiger partial charge in [0.2, 0.25) is 5.88 Å². The minimum absolute atomic E-state index is 0.607. The Morgan fingerprint density at radius 1 is 1.16 bits per heavy atom. The Hall–Kier alpha value is -1.40. The van der Waals surface area contributed by atoms with Gasteiger partial charge in [-0.3, -0.25) is 0 Å². The van der Waals surface area contributed by atoms with E-state index >= 15 is 0 Å². The zero-order valence-corrected chi connectivity index (χ0v) is 11.7. The minimum Gasteiger partial charge on any atom is -0.478 e. The maximum Gasteiger partial charge on any atom is 0.218 e. The van der Waals surface area contributed by atoms with E-state index in [2.05, 4.69) is 22.2 Å². The van der Waals surface area contributed by atoms with Crippen LogP contribution in [0.1, 0.15) is 19.8 Å². The summed E-state index contributed by atoms with van der Waals surface area (Å²) in [6.45, 7) is 5.52. The van der Waals surface area contributed by atoms with Crippen LogP contribution in [0.25, 0.3) is 0 Å². The van der Waals surface area contributed by atoms with Crippen molar-refractivity contribution < 1.29 is 14.2 Å². The third-order valence-electron chi connectivity index (χ3n) is 2.30. The molecule has 1 N–H and O–H groups in total. The Morgan fingerprint density at radius 2 is 2.05 bits per heavy atom. The Kier molecular flexibility index (Phi) is 8.67. The summed E-state index contributed by atoms with van der Waals surface area (Å²) in [7, 11) is 1.66. The third kappa shape index (κ3) is 7.58. The number of hydrogen-bond donors (Lipinski definition) is 1. The van der Waals surface area contributed by atoms with Crippen LogP contribution in [0.4, 0.5) is 5.82 Å². The molecule has 6 nitrogen and oxygen atoms in total. The van der Waals surface area contributed by atoms with Gasteiger partial charge < -0.3 is 19.5 Å². The molecule has 0 aliphatic carbocycles. The lowest BCUT2D eigenvalue weighted by molar-refractivity contribution is 0.0705. The average Bonchev–Trinajstić information content (AvgIpc) is 2.44. The van der Waals surface area contributed by atoms with Gasteiger partial charge in [-0.25, -0.2) is 9.97 Å². The van der Waals surface area contributed by atoms with Crippen LogP contribution in [0.5, 0.6) is 5.88 Å². The first kappa shape index (κ1) is 15.7. The fourth-order valence-electron chi connectivity index (χ4n) is 1.36. The van der Waals surface area contributed by atoms with E-state index in [9.17, 15) is 0 Å². The molecule has 1 rings (SSSR count). The number of hydrogen-bond acceptors (Lipinski definition) is 6. The highest BCUT2D eigenvalue weighted by Gasteiger charge is 1.98. The minimum atomic E-state index is 0.607. The lowest BCUT2D eigenvalue weighted by atomic mass is 10.4. The quantitative estimate of drug-likeness (QED) is 0.617. The van der Waals surface area contributed by atoms with E-state index in [1.165, 1.54) is 6.33 Å². The molecule has 19 heavy (non-hydrogen) atoms. The Labute approximate surface area is 114 Å². The molecule has 1 heterocycles. The fraction of sp³-hybridized carbons (Fsp3) is 0.692. The average molecular weight is 269 g/mol. The number of aromatic nitrogens is 2. The molecule has 1 aromatic heterocycles. The molecular formula is C13H23N3O3. The first-order valence-corrected chi connectivity index (χ1v) is 6.62. The molecule has 0 saturated heterocycles. The predicted octanol–water partition coefficient (Wildman–Crippen LogP) is 1.73. The zero-order chi connectivity index (χ0) is 13.8. The van der Waals surface area contributed by atoms with Crippen molar-refractivity contribution in [1.29, 1.82) is 0 Å². The maximum atomic E-state index is 5.44. The van der Waals surface area contributed by atoms with Gasteiger partial charge in [0.05, 0.1) is 19.8 Å². The van der Waals surface area contributed by atoms with E-state index in [0.717, 1.165) is 25.2 Å². The van der Waals surface area contributed by atoms with Crippen molar-refractivity contribution in [2.45, 2.75) is 19.8 Å². The number of methoxy groups -OCH3 is 1. The van der Waals surface area contributed by atoms with Gasteiger partial charge in [-0.15, -0.1) is 0 Å². The van der Waals surface area contributed by atoms with Gasteiger partial charge in [-0.05, 0) is 12.8 Å². The smallest absolute Gasteiger partial charge is 0.218 e. The Morgan fingerprint density at radius 3 is 2.84 bits per heavy atom. The Bertz CT molecular complexity index is 337. The highest BCUT2D eigenvalue weighted by molar-refractivity contribution is 5.36. The number of rotatable bonds is 11. The van der Waals surface area contributed by atoms with Crippen molar-refractivity contribution in [3.05, 3.63) is 12.4 Å². The molecule has 1 aromatic rings. The summed E-state index contributed by atoms with van der Waals surface area (Å²) in [6.07, 6.45) is 3.38. The van der Waals surface area contributed by atoms with Gasteiger partial charge >= 0.3 is 0 Å². The second kappa shape index (κ2) is 10.5. The van der Waals surface area contributed by atoms with Gasteiger partial charge in [0, 0.05) is 26.3 Å². The summed E-state index contributed by atoms with van der Waals surface area (Å²) in [5.41, 5.74) is 0. The van der Waals surface area contributed by atoms with Crippen molar-refractivity contribution in [3.63, 3.8) is 0 Å². The molecule has 0 unspecified atom stereocenters. The molecular weight excluding hydrogens is 246 g/mol. The number of nitrogens with zero attached hydrogens (tertiary/aromatic N) is 2. The summed E-state index contributed by atoms with van der Waals surface area (Å²) in [4.78, 5) is 8.17. The van der Waals surface area contributed by atoms with Crippen LogP contribution in [0, 0.1) is 0 Å². The summed E-state index contributed by atoms with van der Waals surface area (Å²) in [6, 6.07) is 1.81. The molecule has 0 fully saturated rings. The lowest BCUT2D eigenvalue weighted by Crippen LogP contribution is -2.09. The van der Waals surface area contributed by atoms with Crippen molar-refractivity contribution >= 4 is 5.82 Å². The van der Waals surface area contributed by atoms with E-state index < -0.39 is 0 Å². The molecule has 0 bridgehead atoms. The summed E-state index contributed by atoms with van der Waals surface area (Å²) < 4.78 is 15.7. The van der Waals surface area contributed by atoms with Gasteiger partial charge in [0.15, 0.2) is 0 Å². The van der Waals surface area contributed by atoms with E-state index in [4.69, 9.17) is 14.2 Å². The first-order valence-electron chi connectivity index (χ1n) is 6.62. The topological polar surface area (TPSA) is 65.5 Å². The second-order valence-electron chi connectivity index (χ2n) is 3.98.